The molecule has 3 aromatic carbocycles. The van der Waals surface area contributed by atoms with Crippen LogP contribution in [0.4, 0.5) is 0 Å². The third-order valence-corrected chi connectivity index (χ3v) is 5.89. The van der Waals surface area contributed by atoms with E-state index in [-0.39, 0.29) is 31.1 Å². The highest BCUT2D eigenvalue weighted by molar-refractivity contribution is 9.10. The zero-order chi connectivity index (χ0) is 23.1. The van der Waals surface area contributed by atoms with Crippen molar-refractivity contribution in [2.45, 2.75) is 19.4 Å². The van der Waals surface area contributed by atoms with E-state index in [0.29, 0.717) is 17.9 Å². The normalized spacial score (nSPS) is 11.6. The van der Waals surface area contributed by atoms with E-state index in [9.17, 15) is 9.59 Å². The van der Waals surface area contributed by atoms with Crippen molar-refractivity contribution < 1.29 is 19.1 Å². The van der Waals surface area contributed by atoms with Gasteiger partial charge in [0.1, 0.15) is 11.5 Å². The molecular formula is C25H27BrN2O4. The van der Waals surface area contributed by atoms with E-state index in [1.54, 1.807) is 20.2 Å². The minimum Gasteiger partial charge on any atom is -0.483 e. The standard InChI is InChI=1S/C25H27BrN2O4/c1-4-20(19-11-7-8-12-21(19)32-16-24(30)28(2)3)27-23(29)15-31-22-14-13-17-9-5-6-10-18(17)25(22)26/h5-14,20H,4,15-16H2,1-3H3,(H,27,29). The molecule has 1 unspecified atom stereocenters. The monoisotopic (exact) mass is 498 g/mol. The third kappa shape index (κ3) is 5.79. The van der Waals surface area contributed by atoms with Crippen LogP contribution in [-0.4, -0.2) is 44.0 Å². The molecule has 0 fully saturated rings. The van der Waals surface area contributed by atoms with Gasteiger partial charge in [0.25, 0.3) is 11.8 Å². The maximum atomic E-state index is 12.6. The van der Waals surface area contributed by atoms with Gasteiger partial charge in [-0.15, -0.1) is 0 Å². The number of carbonyl (C=O) groups is 2. The Morgan fingerprint density at radius 1 is 0.938 bits per heavy atom. The first-order chi connectivity index (χ1) is 15.4. The van der Waals surface area contributed by atoms with Crippen LogP contribution in [0.15, 0.2) is 65.1 Å². The molecule has 168 valence electrons. The van der Waals surface area contributed by atoms with Gasteiger partial charge in [-0.3, -0.25) is 9.59 Å². The largest absolute Gasteiger partial charge is 0.483 e. The molecule has 0 saturated carbocycles. The number of amides is 2. The molecule has 7 heteroatoms. The fourth-order valence-electron chi connectivity index (χ4n) is 3.27. The van der Waals surface area contributed by atoms with Crippen LogP contribution in [0.1, 0.15) is 24.9 Å². The summed E-state index contributed by atoms with van der Waals surface area (Å²) in [5.74, 6) is 0.813. The molecule has 0 bridgehead atoms. The van der Waals surface area contributed by atoms with Gasteiger partial charge >= 0.3 is 0 Å². The fourth-order valence-corrected chi connectivity index (χ4v) is 3.88. The third-order valence-electron chi connectivity index (χ3n) is 5.07. The fraction of sp³-hybridized carbons (Fsp3) is 0.280. The molecule has 3 rings (SSSR count). The summed E-state index contributed by atoms with van der Waals surface area (Å²) in [5.41, 5.74) is 0.821. The minimum absolute atomic E-state index is 0.0620. The lowest BCUT2D eigenvalue weighted by atomic mass is 10.0. The molecule has 0 saturated heterocycles. The number of nitrogens with one attached hydrogen (secondary N) is 1. The Balaban J connectivity index is 1.65. The number of likely N-dealkylation sites (N-methyl/N-ethyl adjacent to an activating group) is 1. The molecule has 1 N–H and O–H groups in total. The lowest BCUT2D eigenvalue weighted by Crippen LogP contribution is -2.33. The summed E-state index contributed by atoms with van der Waals surface area (Å²) < 4.78 is 12.3. The zero-order valence-electron chi connectivity index (χ0n) is 18.4. The van der Waals surface area contributed by atoms with E-state index in [1.165, 1.54) is 4.90 Å². The Morgan fingerprint density at radius 2 is 1.62 bits per heavy atom. The van der Waals surface area contributed by atoms with Crippen LogP contribution < -0.4 is 14.8 Å². The number of nitrogens with zero attached hydrogens (tertiary/aromatic N) is 1. The number of ether oxygens (including phenoxy) is 2. The maximum Gasteiger partial charge on any atom is 0.259 e. The molecule has 0 aromatic heterocycles. The average molecular weight is 499 g/mol. The average Bonchev–Trinajstić information content (AvgIpc) is 2.81. The number of para-hydroxylation sites is 1. The molecule has 6 nitrogen and oxygen atoms in total. The number of fused-ring (bicyclic) bond motifs is 1. The van der Waals surface area contributed by atoms with Gasteiger partial charge in [0, 0.05) is 19.7 Å². The first-order valence-corrected chi connectivity index (χ1v) is 11.2. The zero-order valence-corrected chi connectivity index (χ0v) is 20.0. The van der Waals surface area contributed by atoms with Crippen molar-refractivity contribution in [2.75, 3.05) is 27.3 Å². The van der Waals surface area contributed by atoms with Gasteiger partial charge in [-0.25, -0.2) is 0 Å². The molecule has 0 heterocycles. The van der Waals surface area contributed by atoms with E-state index >= 15 is 0 Å². The van der Waals surface area contributed by atoms with Gasteiger partial charge in [-0.2, -0.15) is 0 Å². The van der Waals surface area contributed by atoms with E-state index in [2.05, 4.69) is 21.2 Å². The SMILES string of the molecule is CCC(NC(=O)COc1ccc2ccccc2c1Br)c1ccccc1OCC(=O)N(C)C. The van der Waals surface area contributed by atoms with Crippen molar-refractivity contribution in [3.63, 3.8) is 0 Å². The van der Waals surface area contributed by atoms with E-state index < -0.39 is 0 Å². The summed E-state index contributed by atoms with van der Waals surface area (Å²) in [6.07, 6.45) is 0.660. The smallest absolute Gasteiger partial charge is 0.259 e. The number of rotatable bonds is 9. The highest BCUT2D eigenvalue weighted by atomic mass is 79.9. The second-order valence-corrected chi connectivity index (χ2v) is 8.32. The number of halogens is 1. The molecule has 3 aromatic rings. The van der Waals surface area contributed by atoms with Crippen LogP contribution in [0.3, 0.4) is 0 Å². The van der Waals surface area contributed by atoms with Gasteiger partial charge < -0.3 is 19.7 Å². The van der Waals surface area contributed by atoms with Crippen LogP contribution >= 0.6 is 15.9 Å². The van der Waals surface area contributed by atoms with Gasteiger partial charge in [0.2, 0.25) is 0 Å². The number of carbonyl (C=O) groups excluding carboxylic acids is 2. The van der Waals surface area contributed by atoms with Crippen molar-refractivity contribution in [2.24, 2.45) is 0 Å². The van der Waals surface area contributed by atoms with Crippen LogP contribution in [0.5, 0.6) is 11.5 Å². The second-order valence-electron chi connectivity index (χ2n) is 7.53. The Hall–Kier alpha value is -3.06. The Morgan fingerprint density at radius 3 is 2.38 bits per heavy atom. The number of benzene rings is 3. The van der Waals surface area contributed by atoms with Gasteiger partial charge in [-0.05, 0) is 45.3 Å². The van der Waals surface area contributed by atoms with Crippen molar-refractivity contribution in [3.05, 3.63) is 70.7 Å². The molecule has 1 atom stereocenters. The molecular weight excluding hydrogens is 472 g/mol. The highest BCUT2D eigenvalue weighted by Crippen LogP contribution is 2.33. The minimum atomic E-state index is -0.267. The van der Waals surface area contributed by atoms with E-state index in [1.807, 2.05) is 61.5 Å². The van der Waals surface area contributed by atoms with Crippen molar-refractivity contribution in [1.82, 2.24) is 10.2 Å². The topological polar surface area (TPSA) is 67.9 Å². The molecule has 0 aliphatic rings. The Kier molecular flexibility index (Phi) is 8.11. The van der Waals surface area contributed by atoms with Gasteiger partial charge in [-0.1, -0.05) is 55.5 Å². The predicted molar refractivity (Wildman–Crippen MR) is 129 cm³/mol. The van der Waals surface area contributed by atoms with Crippen molar-refractivity contribution in [1.29, 1.82) is 0 Å². The second kappa shape index (κ2) is 11.0. The predicted octanol–water partition coefficient (Wildman–Crippen LogP) is 4.72. The molecule has 32 heavy (non-hydrogen) atoms. The lowest BCUT2D eigenvalue weighted by Gasteiger charge is -2.21. The maximum absolute atomic E-state index is 12.6. The molecule has 0 aliphatic carbocycles. The van der Waals surface area contributed by atoms with Crippen molar-refractivity contribution in [3.8, 4) is 11.5 Å². The summed E-state index contributed by atoms with van der Waals surface area (Å²) in [5, 5.41) is 5.12. The quantitative estimate of drug-likeness (QED) is 0.463. The Labute approximate surface area is 196 Å². The molecule has 0 radical (unpaired) electrons. The summed E-state index contributed by atoms with van der Waals surface area (Å²) in [4.78, 5) is 26.0. The molecule has 2 amide bonds. The van der Waals surface area contributed by atoms with Crippen LogP contribution in [-0.2, 0) is 9.59 Å². The van der Waals surface area contributed by atoms with Gasteiger partial charge in [0.15, 0.2) is 13.2 Å². The first-order valence-electron chi connectivity index (χ1n) is 10.4. The lowest BCUT2D eigenvalue weighted by molar-refractivity contribution is -0.130. The molecule has 0 spiro atoms. The van der Waals surface area contributed by atoms with Crippen LogP contribution in [0.2, 0.25) is 0 Å². The van der Waals surface area contributed by atoms with E-state index in [0.717, 1.165) is 20.8 Å². The summed E-state index contributed by atoms with van der Waals surface area (Å²) in [7, 11) is 3.36. The summed E-state index contributed by atoms with van der Waals surface area (Å²) in [6.45, 7) is 1.80. The number of hydrogen-bond acceptors (Lipinski definition) is 4. The summed E-state index contributed by atoms with van der Waals surface area (Å²) in [6, 6.07) is 18.9. The summed E-state index contributed by atoms with van der Waals surface area (Å²) >= 11 is 3.58. The molecule has 0 aliphatic heterocycles. The number of hydrogen-bond donors (Lipinski definition) is 1. The first kappa shape index (κ1) is 23.6. The van der Waals surface area contributed by atoms with E-state index in [4.69, 9.17) is 9.47 Å². The highest BCUT2D eigenvalue weighted by Gasteiger charge is 2.18. The van der Waals surface area contributed by atoms with Crippen LogP contribution in [0.25, 0.3) is 10.8 Å². The van der Waals surface area contributed by atoms with Gasteiger partial charge in [0.05, 0.1) is 10.5 Å². The van der Waals surface area contributed by atoms with Crippen LogP contribution in [0, 0.1) is 0 Å². The Bertz CT molecular complexity index is 1100. The van der Waals surface area contributed by atoms with Crippen molar-refractivity contribution >= 4 is 38.5 Å².